The molecule has 3 aromatic rings. The van der Waals surface area contributed by atoms with Gasteiger partial charge >= 0.3 is 0 Å². The molecule has 1 fully saturated rings. The lowest BCUT2D eigenvalue weighted by Gasteiger charge is -2.46. The second-order valence-electron chi connectivity index (χ2n) is 10.1. The molecule has 0 radical (unpaired) electrons. The highest BCUT2D eigenvalue weighted by Crippen LogP contribution is 2.61. The normalized spacial score (nSPS) is 26.0. The molecule has 3 heteroatoms. The van der Waals surface area contributed by atoms with Crippen LogP contribution in [0.2, 0.25) is 0 Å². The Morgan fingerprint density at radius 1 is 0.645 bits per heavy atom. The van der Waals surface area contributed by atoms with Gasteiger partial charge in [0.05, 0.1) is 17.5 Å². The van der Waals surface area contributed by atoms with Crippen LogP contribution in [0.5, 0.6) is 0 Å². The van der Waals surface area contributed by atoms with Gasteiger partial charge in [0.25, 0.3) is 0 Å². The van der Waals surface area contributed by atoms with E-state index in [2.05, 4.69) is 57.2 Å². The number of hydrogen-bond acceptors (Lipinski definition) is 2. The van der Waals surface area contributed by atoms with Gasteiger partial charge in [-0.3, -0.25) is 9.59 Å². The molecule has 3 nitrogen and oxygen atoms in total. The molecule has 0 unspecified atom stereocenters. The molecule has 3 aromatic carbocycles. The lowest BCUT2D eigenvalue weighted by molar-refractivity contribution is -0.122. The average Bonchev–Trinajstić information content (AvgIpc) is 3.04. The first-order chi connectivity index (χ1) is 14.9. The molecule has 0 saturated carbocycles. The number of carbonyl (C=O) groups is 2. The van der Waals surface area contributed by atoms with Crippen molar-refractivity contribution in [3.63, 3.8) is 0 Å². The predicted molar refractivity (Wildman–Crippen MR) is 121 cm³/mol. The lowest BCUT2D eigenvalue weighted by Crippen LogP contribution is -2.41. The molecule has 2 bridgehead atoms. The van der Waals surface area contributed by atoms with E-state index in [1.54, 1.807) is 0 Å². The van der Waals surface area contributed by atoms with E-state index >= 15 is 0 Å². The molecular formula is C28H25NO2. The summed E-state index contributed by atoms with van der Waals surface area (Å²) in [4.78, 5) is 28.9. The lowest BCUT2D eigenvalue weighted by atomic mass is 9.54. The average molecular weight is 408 g/mol. The van der Waals surface area contributed by atoms with E-state index in [0.717, 1.165) is 0 Å². The van der Waals surface area contributed by atoms with Gasteiger partial charge in [0.2, 0.25) is 11.8 Å². The second kappa shape index (κ2) is 6.16. The summed E-state index contributed by atoms with van der Waals surface area (Å²) in [6.07, 6.45) is 0. The Bertz CT molecular complexity index is 1240. The third-order valence-electron chi connectivity index (χ3n) is 7.42. The summed E-state index contributed by atoms with van der Waals surface area (Å²) in [5, 5.41) is 0. The van der Waals surface area contributed by atoms with Crippen LogP contribution < -0.4 is 4.90 Å². The molecule has 7 rings (SSSR count). The standard InChI is InChI=1S/C28H25NO2/c1-28(2,3)16-13-14-20-21(15-16)23-19-12-8-7-11-18(19)22(20)24-25(23)27(31)29(26(24)30)17-9-5-4-6-10-17/h4-15,22-25H,1-3H3/t22-,23-,24+,25-/m1/s1. The van der Waals surface area contributed by atoms with E-state index in [4.69, 9.17) is 0 Å². The van der Waals surface area contributed by atoms with E-state index in [-0.39, 0.29) is 40.9 Å². The maximum Gasteiger partial charge on any atom is 0.238 e. The highest BCUT2D eigenvalue weighted by Gasteiger charge is 2.61. The topological polar surface area (TPSA) is 37.4 Å². The Morgan fingerprint density at radius 3 is 1.74 bits per heavy atom. The first-order valence-electron chi connectivity index (χ1n) is 11.0. The molecule has 0 N–H and O–H groups in total. The SMILES string of the molecule is CC(C)(C)c1ccc2c(c1)[C@H]1c3ccccc3[C@H]2[C@@H]2C(=O)N(c3ccccc3)C(=O)[C@H]12. The van der Waals surface area contributed by atoms with Crippen molar-refractivity contribution in [2.45, 2.75) is 38.0 Å². The number of benzene rings is 3. The first-order valence-corrected chi connectivity index (χ1v) is 11.0. The molecule has 3 aliphatic carbocycles. The van der Waals surface area contributed by atoms with Gasteiger partial charge in [0.15, 0.2) is 0 Å². The second-order valence-corrected chi connectivity index (χ2v) is 10.1. The monoisotopic (exact) mass is 407 g/mol. The number of rotatable bonds is 1. The van der Waals surface area contributed by atoms with Gasteiger partial charge in [-0.25, -0.2) is 4.90 Å². The highest BCUT2D eigenvalue weighted by molar-refractivity contribution is 6.23. The Hall–Kier alpha value is -3.20. The third-order valence-corrected chi connectivity index (χ3v) is 7.42. The number of para-hydroxylation sites is 1. The van der Waals surface area contributed by atoms with Crippen LogP contribution in [-0.2, 0) is 15.0 Å². The largest absolute Gasteiger partial charge is 0.274 e. The van der Waals surface area contributed by atoms with Gasteiger partial charge < -0.3 is 0 Å². The van der Waals surface area contributed by atoms with Gasteiger partial charge in [-0.1, -0.05) is 81.4 Å². The Balaban J connectivity index is 1.58. The zero-order valence-electron chi connectivity index (χ0n) is 18.0. The smallest absolute Gasteiger partial charge is 0.238 e. The maximum absolute atomic E-state index is 13.7. The third kappa shape index (κ3) is 2.40. The molecule has 4 aliphatic rings. The van der Waals surface area contributed by atoms with Crippen molar-refractivity contribution in [3.8, 4) is 0 Å². The molecule has 154 valence electrons. The quantitative estimate of drug-likeness (QED) is 0.508. The minimum Gasteiger partial charge on any atom is -0.274 e. The van der Waals surface area contributed by atoms with Crippen LogP contribution in [0.3, 0.4) is 0 Å². The van der Waals surface area contributed by atoms with Gasteiger partial charge in [-0.05, 0) is 45.4 Å². The van der Waals surface area contributed by atoms with Crippen LogP contribution in [-0.4, -0.2) is 11.8 Å². The predicted octanol–water partition coefficient (Wildman–Crippen LogP) is 5.38. The zero-order valence-corrected chi connectivity index (χ0v) is 18.0. The van der Waals surface area contributed by atoms with Crippen LogP contribution >= 0.6 is 0 Å². The minimum absolute atomic E-state index is 0.0240. The molecule has 2 amide bonds. The molecule has 4 atom stereocenters. The summed E-state index contributed by atoms with van der Waals surface area (Å²) in [5.41, 5.74) is 6.84. The minimum atomic E-state index is -0.338. The van der Waals surface area contributed by atoms with Crippen LogP contribution in [0.15, 0.2) is 72.8 Å². The number of carbonyl (C=O) groups excluding carboxylic acids is 2. The summed E-state index contributed by atoms with van der Waals surface area (Å²) in [5.74, 6) is -0.932. The number of anilines is 1. The van der Waals surface area contributed by atoms with E-state index in [0.29, 0.717) is 5.69 Å². The van der Waals surface area contributed by atoms with Crippen molar-refractivity contribution >= 4 is 17.5 Å². The van der Waals surface area contributed by atoms with Gasteiger partial charge in [0.1, 0.15) is 0 Å². The van der Waals surface area contributed by atoms with E-state index in [1.165, 1.54) is 32.7 Å². The zero-order chi connectivity index (χ0) is 21.5. The molecule has 1 heterocycles. The van der Waals surface area contributed by atoms with Gasteiger partial charge in [-0.2, -0.15) is 0 Å². The van der Waals surface area contributed by atoms with Crippen LogP contribution in [0.25, 0.3) is 0 Å². The first kappa shape index (κ1) is 18.6. The molecule has 0 spiro atoms. The Morgan fingerprint density at radius 2 is 1.16 bits per heavy atom. The summed E-state index contributed by atoms with van der Waals surface area (Å²) in [7, 11) is 0. The Kier molecular flexibility index (Phi) is 3.69. The van der Waals surface area contributed by atoms with Crippen molar-refractivity contribution in [1.82, 2.24) is 0 Å². The molecule has 1 aliphatic heterocycles. The number of nitrogens with zero attached hydrogens (tertiary/aromatic N) is 1. The van der Waals surface area contributed by atoms with E-state index in [1.807, 2.05) is 36.4 Å². The van der Waals surface area contributed by atoms with Crippen molar-refractivity contribution in [2.24, 2.45) is 11.8 Å². The highest BCUT2D eigenvalue weighted by atomic mass is 16.2. The van der Waals surface area contributed by atoms with Crippen LogP contribution in [0.1, 0.15) is 60.4 Å². The number of amides is 2. The van der Waals surface area contributed by atoms with E-state index < -0.39 is 0 Å². The fraction of sp³-hybridized carbons (Fsp3) is 0.286. The fourth-order valence-electron chi connectivity index (χ4n) is 6.03. The van der Waals surface area contributed by atoms with Crippen LogP contribution in [0.4, 0.5) is 5.69 Å². The molecule has 31 heavy (non-hydrogen) atoms. The molecule has 1 saturated heterocycles. The van der Waals surface area contributed by atoms with Crippen molar-refractivity contribution in [3.05, 3.63) is 101 Å². The summed E-state index contributed by atoms with van der Waals surface area (Å²) >= 11 is 0. The summed E-state index contributed by atoms with van der Waals surface area (Å²) in [6, 6.07) is 24.5. The van der Waals surface area contributed by atoms with E-state index in [9.17, 15) is 9.59 Å². The summed E-state index contributed by atoms with van der Waals surface area (Å²) < 4.78 is 0. The number of hydrogen-bond donors (Lipinski definition) is 0. The van der Waals surface area contributed by atoms with Crippen molar-refractivity contribution in [1.29, 1.82) is 0 Å². The summed E-state index contributed by atoms with van der Waals surface area (Å²) in [6.45, 7) is 6.65. The van der Waals surface area contributed by atoms with Gasteiger partial charge in [-0.15, -0.1) is 0 Å². The van der Waals surface area contributed by atoms with Crippen molar-refractivity contribution in [2.75, 3.05) is 4.90 Å². The van der Waals surface area contributed by atoms with Crippen LogP contribution in [0, 0.1) is 11.8 Å². The Labute approximate surface area is 182 Å². The van der Waals surface area contributed by atoms with Gasteiger partial charge in [0, 0.05) is 11.8 Å². The van der Waals surface area contributed by atoms with Crippen molar-refractivity contribution < 1.29 is 9.59 Å². The molecular weight excluding hydrogens is 382 g/mol. The fourth-order valence-corrected chi connectivity index (χ4v) is 6.03. The maximum atomic E-state index is 13.7. The number of imide groups is 1. The molecule has 0 aromatic heterocycles.